The third kappa shape index (κ3) is 3.50. The Balaban J connectivity index is 2.31. The molecule has 1 saturated heterocycles. The molecule has 0 unspecified atom stereocenters. The average molecular weight is 216 g/mol. The number of rotatable bonds is 3. The molecule has 0 saturated carbocycles. The fourth-order valence-corrected chi connectivity index (χ4v) is 2.55. The van der Waals surface area contributed by atoms with Crippen LogP contribution >= 0.6 is 11.8 Å². The van der Waals surface area contributed by atoms with Crippen LogP contribution in [-0.4, -0.2) is 29.5 Å². The van der Waals surface area contributed by atoms with Crippen molar-refractivity contribution >= 4 is 17.7 Å². The number of hydrogen-bond acceptors (Lipinski definition) is 3. The highest BCUT2D eigenvalue weighted by atomic mass is 32.2. The molecule has 0 spiro atoms. The molecule has 3 nitrogen and oxygen atoms in total. The molecule has 1 heterocycles. The molecular weight excluding hydrogens is 196 g/mol. The molecule has 0 radical (unpaired) electrons. The van der Waals surface area contributed by atoms with Crippen molar-refractivity contribution in [1.82, 2.24) is 5.32 Å². The van der Waals surface area contributed by atoms with E-state index < -0.39 is 0 Å². The van der Waals surface area contributed by atoms with E-state index in [2.05, 4.69) is 5.32 Å². The van der Waals surface area contributed by atoms with Crippen molar-refractivity contribution in [2.45, 2.75) is 38.8 Å². The zero-order valence-electron chi connectivity index (χ0n) is 8.95. The summed E-state index contributed by atoms with van der Waals surface area (Å²) in [4.78, 5) is 11.6. The van der Waals surface area contributed by atoms with Gasteiger partial charge in [-0.25, -0.2) is 0 Å². The highest BCUT2D eigenvalue weighted by Gasteiger charge is 2.21. The van der Waals surface area contributed by atoms with Crippen molar-refractivity contribution in [2.75, 3.05) is 11.5 Å². The lowest BCUT2D eigenvalue weighted by Crippen LogP contribution is -2.48. The molecule has 0 aliphatic carbocycles. The molecule has 1 rings (SSSR count). The first-order valence-corrected chi connectivity index (χ1v) is 6.40. The van der Waals surface area contributed by atoms with Crippen LogP contribution in [0.5, 0.6) is 0 Å². The van der Waals surface area contributed by atoms with Gasteiger partial charge in [-0.3, -0.25) is 4.79 Å². The second-order valence-corrected chi connectivity index (χ2v) is 5.39. The van der Waals surface area contributed by atoms with E-state index in [1.54, 1.807) is 0 Å². The van der Waals surface area contributed by atoms with Crippen molar-refractivity contribution in [3.63, 3.8) is 0 Å². The summed E-state index contributed by atoms with van der Waals surface area (Å²) in [5.74, 6) is 2.54. The summed E-state index contributed by atoms with van der Waals surface area (Å²) in [6.07, 6.45) is 2.17. The zero-order chi connectivity index (χ0) is 10.6. The Labute approximate surface area is 90.2 Å². The highest BCUT2D eigenvalue weighted by Crippen LogP contribution is 2.17. The Morgan fingerprint density at radius 3 is 2.50 bits per heavy atom. The predicted molar refractivity (Wildman–Crippen MR) is 61.3 cm³/mol. The molecule has 0 aromatic heterocycles. The lowest BCUT2D eigenvalue weighted by atomic mass is 10.0. The molecule has 82 valence electrons. The van der Waals surface area contributed by atoms with Crippen molar-refractivity contribution in [3.8, 4) is 0 Å². The number of hydrogen-bond donors (Lipinski definition) is 2. The molecule has 1 aliphatic heterocycles. The van der Waals surface area contributed by atoms with Gasteiger partial charge in [0.15, 0.2) is 0 Å². The highest BCUT2D eigenvalue weighted by molar-refractivity contribution is 7.99. The Kier molecular flexibility index (Phi) is 4.75. The minimum Gasteiger partial charge on any atom is -0.352 e. The molecule has 1 amide bonds. The number of thioether (sulfide) groups is 1. The zero-order valence-corrected chi connectivity index (χ0v) is 9.77. The maximum Gasteiger partial charge on any atom is 0.237 e. The van der Waals surface area contributed by atoms with Gasteiger partial charge in [0.1, 0.15) is 0 Å². The molecule has 3 N–H and O–H groups in total. The summed E-state index contributed by atoms with van der Waals surface area (Å²) in [6.45, 7) is 3.95. The van der Waals surface area contributed by atoms with Crippen LogP contribution in [0, 0.1) is 5.92 Å². The van der Waals surface area contributed by atoms with Gasteiger partial charge in [0.25, 0.3) is 0 Å². The maximum atomic E-state index is 11.6. The van der Waals surface area contributed by atoms with Crippen LogP contribution in [0.25, 0.3) is 0 Å². The van der Waals surface area contributed by atoms with Crippen LogP contribution in [0.4, 0.5) is 0 Å². The predicted octanol–water partition coefficient (Wildman–Crippen LogP) is 0.981. The Morgan fingerprint density at radius 2 is 2.00 bits per heavy atom. The number of amides is 1. The first kappa shape index (κ1) is 11.9. The maximum absolute atomic E-state index is 11.6. The number of carbonyl (C=O) groups excluding carboxylic acids is 1. The largest absolute Gasteiger partial charge is 0.352 e. The Hall–Kier alpha value is -0.220. The van der Waals surface area contributed by atoms with Crippen molar-refractivity contribution in [3.05, 3.63) is 0 Å². The average Bonchev–Trinajstić information content (AvgIpc) is 2.18. The van der Waals surface area contributed by atoms with E-state index in [4.69, 9.17) is 5.73 Å². The SMILES string of the molecule is CC(C)[C@@H](N)C(=O)NC1CCSCC1. The summed E-state index contributed by atoms with van der Waals surface area (Å²) in [7, 11) is 0. The van der Waals surface area contributed by atoms with E-state index in [9.17, 15) is 4.79 Å². The molecule has 1 fully saturated rings. The second kappa shape index (κ2) is 5.61. The van der Waals surface area contributed by atoms with E-state index in [0.29, 0.717) is 6.04 Å². The monoisotopic (exact) mass is 216 g/mol. The first-order chi connectivity index (χ1) is 6.61. The van der Waals surface area contributed by atoms with Gasteiger partial charge in [0, 0.05) is 6.04 Å². The fourth-order valence-electron chi connectivity index (χ4n) is 1.44. The van der Waals surface area contributed by atoms with Gasteiger partial charge in [0.05, 0.1) is 6.04 Å². The standard InChI is InChI=1S/C10H20N2OS/c1-7(2)9(11)10(13)12-8-3-5-14-6-4-8/h7-9H,3-6,11H2,1-2H3,(H,12,13)/t9-/m1/s1. The summed E-state index contributed by atoms with van der Waals surface area (Å²) in [5.41, 5.74) is 5.76. The molecule has 4 heteroatoms. The quantitative estimate of drug-likeness (QED) is 0.739. The molecule has 14 heavy (non-hydrogen) atoms. The van der Waals surface area contributed by atoms with Gasteiger partial charge in [-0.1, -0.05) is 13.8 Å². The summed E-state index contributed by atoms with van der Waals surface area (Å²) in [6, 6.07) is -0.00173. The van der Waals surface area contributed by atoms with E-state index >= 15 is 0 Å². The first-order valence-electron chi connectivity index (χ1n) is 5.25. The van der Waals surface area contributed by atoms with Crippen LogP contribution in [-0.2, 0) is 4.79 Å². The molecule has 1 atom stereocenters. The molecular formula is C10H20N2OS. The lowest BCUT2D eigenvalue weighted by Gasteiger charge is -2.25. The van der Waals surface area contributed by atoms with Crippen molar-refractivity contribution in [1.29, 1.82) is 0 Å². The summed E-state index contributed by atoms with van der Waals surface area (Å²) in [5, 5.41) is 3.02. The van der Waals surface area contributed by atoms with E-state index in [-0.39, 0.29) is 17.9 Å². The topological polar surface area (TPSA) is 55.1 Å². The summed E-state index contributed by atoms with van der Waals surface area (Å²) < 4.78 is 0. The minimum atomic E-state index is -0.357. The Morgan fingerprint density at radius 1 is 1.43 bits per heavy atom. The van der Waals surface area contributed by atoms with Crippen LogP contribution in [0.15, 0.2) is 0 Å². The molecule has 0 aromatic rings. The number of nitrogens with one attached hydrogen (secondary N) is 1. The number of nitrogens with two attached hydrogens (primary N) is 1. The van der Waals surface area contributed by atoms with Gasteiger partial charge in [-0.15, -0.1) is 0 Å². The Bertz CT molecular complexity index is 191. The van der Waals surface area contributed by atoms with Crippen LogP contribution < -0.4 is 11.1 Å². The van der Waals surface area contributed by atoms with E-state index in [1.807, 2.05) is 25.6 Å². The molecule has 0 aromatic carbocycles. The fraction of sp³-hybridized carbons (Fsp3) is 0.900. The summed E-state index contributed by atoms with van der Waals surface area (Å²) >= 11 is 1.96. The smallest absolute Gasteiger partial charge is 0.237 e. The van der Waals surface area contributed by atoms with Gasteiger partial charge in [0.2, 0.25) is 5.91 Å². The van der Waals surface area contributed by atoms with E-state index in [1.165, 1.54) is 0 Å². The molecule has 0 bridgehead atoms. The van der Waals surface area contributed by atoms with Gasteiger partial charge < -0.3 is 11.1 Å². The van der Waals surface area contributed by atoms with Crippen LogP contribution in [0.2, 0.25) is 0 Å². The van der Waals surface area contributed by atoms with Gasteiger partial charge in [-0.2, -0.15) is 11.8 Å². The van der Waals surface area contributed by atoms with Gasteiger partial charge in [-0.05, 0) is 30.3 Å². The normalized spacial score (nSPS) is 20.9. The van der Waals surface area contributed by atoms with Crippen molar-refractivity contribution in [2.24, 2.45) is 11.7 Å². The number of carbonyl (C=O) groups is 1. The second-order valence-electron chi connectivity index (χ2n) is 4.17. The van der Waals surface area contributed by atoms with Crippen molar-refractivity contribution < 1.29 is 4.79 Å². The minimum absolute atomic E-state index is 0.0110. The van der Waals surface area contributed by atoms with Crippen LogP contribution in [0.3, 0.4) is 0 Å². The van der Waals surface area contributed by atoms with Gasteiger partial charge >= 0.3 is 0 Å². The third-order valence-corrected chi connectivity index (χ3v) is 3.64. The molecule has 1 aliphatic rings. The van der Waals surface area contributed by atoms with E-state index in [0.717, 1.165) is 24.3 Å². The van der Waals surface area contributed by atoms with Crippen LogP contribution in [0.1, 0.15) is 26.7 Å². The lowest BCUT2D eigenvalue weighted by molar-refractivity contribution is -0.124. The third-order valence-electron chi connectivity index (χ3n) is 2.59.